The average Bonchev–Trinajstić information content (AvgIpc) is 2.64. The smallest absolute Gasteiger partial charge is 1.00 e. The van der Waals surface area contributed by atoms with E-state index in [0.29, 0.717) is 0 Å². The molecular weight excluding hydrogens is 590 g/mol. The van der Waals surface area contributed by atoms with Crippen LogP contribution in [-0.2, 0) is 42.1 Å². The molecule has 0 aliphatic rings. The first-order chi connectivity index (χ1) is 15.2. The molecule has 2 rings (SSSR count). The van der Waals surface area contributed by atoms with Crippen LogP contribution >= 0.6 is 0 Å². The van der Waals surface area contributed by atoms with Crippen molar-refractivity contribution in [1.82, 2.24) is 0 Å². The summed E-state index contributed by atoms with van der Waals surface area (Å²) >= 11 is 0. The molecular formula is C32H48Cl2N2Pd. The van der Waals surface area contributed by atoms with Gasteiger partial charge in [0.2, 0.25) is 0 Å². The molecule has 0 fully saturated rings. The van der Waals surface area contributed by atoms with Crippen LogP contribution in [0.3, 0.4) is 0 Å². The van der Waals surface area contributed by atoms with E-state index in [1.54, 1.807) is 0 Å². The average molecular weight is 638 g/mol. The van der Waals surface area contributed by atoms with Crippen molar-refractivity contribution in [1.29, 1.82) is 0 Å². The standard InChI is InChI=1S/C32H48N2.2ClH.Pd/c1-21(33-27-17-23(29(3,4)5)15-24(18-27)30(6,7)8)22(2)34-28-19-25(31(9,10)11)16-26(20-28)32(12,13)14;;;/h15-20H,1-14H3;2*1H;/q;;;+2/p-2. The second-order valence-electron chi connectivity index (χ2n) is 13.9. The summed E-state index contributed by atoms with van der Waals surface area (Å²) in [6.45, 7) is 31.3. The molecule has 0 saturated heterocycles. The summed E-state index contributed by atoms with van der Waals surface area (Å²) in [7, 11) is 0. The van der Waals surface area contributed by atoms with Crippen molar-refractivity contribution in [3.8, 4) is 0 Å². The fraction of sp³-hybridized carbons (Fsp3) is 0.562. The first kappa shape index (κ1) is 38.2. The maximum Gasteiger partial charge on any atom is 2.00 e. The normalized spacial score (nSPS) is 13.4. The Hall–Kier alpha value is -0.978. The Morgan fingerprint density at radius 1 is 0.432 bits per heavy atom. The number of halogens is 2. The molecule has 0 aliphatic heterocycles. The summed E-state index contributed by atoms with van der Waals surface area (Å²) in [5.74, 6) is 0. The molecule has 2 aromatic rings. The molecule has 0 aromatic heterocycles. The molecule has 0 heterocycles. The van der Waals surface area contributed by atoms with Gasteiger partial charge in [0, 0.05) is 0 Å². The van der Waals surface area contributed by atoms with E-state index in [4.69, 9.17) is 9.98 Å². The summed E-state index contributed by atoms with van der Waals surface area (Å²) in [4.78, 5) is 10.1. The van der Waals surface area contributed by atoms with Crippen molar-refractivity contribution in [2.45, 2.75) is 119 Å². The van der Waals surface area contributed by atoms with Crippen molar-refractivity contribution in [3.05, 3.63) is 58.7 Å². The Morgan fingerprint density at radius 2 is 0.622 bits per heavy atom. The van der Waals surface area contributed by atoms with Crippen LogP contribution in [-0.4, -0.2) is 11.4 Å². The van der Waals surface area contributed by atoms with Crippen molar-refractivity contribution < 1.29 is 45.2 Å². The van der Waals surface area contributed by atoms with Gasteiger partial charge >= 0.3 is 20.4 Å². The number of hydrogen-bond acceptors (Lipinski definition) is 2. The van der Waals surface area contributed by atoms with Gasteiger partial charge in [-0.1, -0.05) is 95.2 Å². The van der Waals surface area contributed by atoms with E-state index < -0.39 is 0 Å². The molecule has 0 saturated carbocycles. The van der Waals surface area contributed by atoms with Crippen molar-refractivity contribution in [3.63, 3.8) is 0 Å². The summed E-state index contributed by atoms with van der Waals surface area (Å²) in [5.41, 5.74) is 9.43. The summed E-state index contributed by atoms with van der Waals surface area (Å²) in [5, 5.41) is 0. The molecule has 0 aliphatic carbocycles. The van der Waals surface area contributed by atoms with Crippen LogP contribution in [0.2, 0.25) is 0 Å². The Bertz CT molecular complexity index is 950. The minimum Gasteiger partial charge on any atom is -1.00 e. The second kappa shape index (κ2) is 13.4. The third kappa shape index (κ3) is 11.0. The van der Waals surface area contributed by atoms with Crippen LogP contribution in [0.1, 0.15) is 119 Å². The molecule has 0 bridgehead atoms. The fourth-order valence-corrected chi connectivity index (χ4v) is 3.63. The molecule has 0 N–H and O–H groups in total. The zero-order valence-corrected chi connectivity index (χ0v) is 28.5. The minimum absolute atomic E-state index is 0. The minimum atomic E-state index is 0. The topological polar surface area (TPSA) is 24.7 Å². The zero-order valence-electron chi connectivity index (χ0n) is 25.4. The molecule has 0 spiro atoms. The second-order valence-corrected chi connectivity index (χ2v) is 13.9. The van der Waals surface area contributed by atoms with Crippen LogP contribution in [0.25, 0.3) is 0 Å². The van der Waals surface area contributed by atoms with Gasteiger partial charge in [-0.25, -0.2) is 0 Å². The predicted molar refractivity (Wildman–Crippen MR) is 153 cm³/mol. The quantitative estimate of drug-likeness (QED) is 0.362. The molecule has 2 nitrogen and oxygen atoms in total. The SMILES string of the molecule is CC(=Nc1cc(C(C)(C)C)cc(C(C)(C)C)c1)C(C)=Nc1cc(C(C)(C)C)cc(C(C)(C)C)c1.[Cl-].[Cl-].[Pd+2]. The van der Waals surface area contributed by atoms with Gasteiger partial charge < -0.3 is 24.8 Å². The third-order valence-corrected chi connectivity index (χ3v) is 6.42. The Balaban J connectivity index is 0. The van der Waals surface area contributed by atoms with Gasteiger partial charge in [0.05, 0.1) is 22.8 Å². The molecule has 210 valence electrons. The molecule has 2 aromatic carbocycles. The number of nitrogens with zero attached hydrogens (tertiary/aromatic N) is 2. The van der Waals surface area contributed by atoms with Gasteiger partial charge in [-0.3, -0.25) is 9.98 Å². The molecule has 0 unspecified atom stereocenters. The molecule has 0 amide bonds. The van der Waals surface area contributed by atoms with E-state index in [0.717, 1.165) is 22.8 Å². The summed E-state index contributed by atoms with van der Waals surface area (Å²) in [6, 6.07) is 13.6. The van der Waals surface area contributed by atoms with Crippen LogP contribution in [0.15, 0.2) is 46.4 Å². The van der Waals surface area contributed by atoms with E-state index >= 15 is 0 Å². The maximum absolute atomic E-state index is 5.03. The molecule has 37 heavy (non-hydrogen) atoms. The van der Waals surface area contributed by atoms with E-state index in [1.807, 2.05) is 0 Å². The van der Waals surface area contributed by atoms with Gasteiger partial charge in [-0.15, -0.1) is 0 Å². The van der Waals surface area contributed by atoms with Crippen LogP contribution in [0, 0.1) is 0 Å². The van der Waals surface area contributed by atoms with Crippen molar-refractivity contribution >= 4 is 22.8 Å². The molecule has 0 atom stereocenters. The van der Waals surface area contributed by atoms with Crippen molar-refractivity contribution in [2.75, 3.05) is 0 Å². The van der Waals surface area contributed by atoms with E-state index in [-0.39, 0.29) is 66.9 Å². The van der Waals surface area contributed by atoms with Crippen LogP contribution < -0.4 is 24.8 Å². The van der Waals surface area contributed by atoms with Crippen LogP contribution in [0.4, 0.5) is 11.4 Å². The number of benzene rings is 2. The zero-order chi connectivity index (χ0) is 26.3. The van der Waals surface area contributed by atoms with Crippen molar-refractivity contribution in [2.24, 2.45) is 9.98 Å². The first-order valence-corrected chi connectivity index (χ1v) is 12.6. The van der Waals surface area contributed by atoms with Gasteiger partial charge in [-0.2, -0.15) is 0 Å². The van der Waals surface area contributed by atoms with Gasteiger partial charge in [-0.05, 0) is 82.0 Å². The van der Waals surface area contributed by atoms with Gasteiger partial charge in [0.25, 0.3) is 0 Å². The largest absolute Gasteiger partial charge is 2.00 e. The van der Waals surface area contributed by atoms with Gasteiger partial charge in [0.1, 0.15) is 0 Å². The monoisotopic (exact) mass is 636 g/mol. The Kier molecular flexibility index (Phi) is 13.8. The molecule has 0 radical (unpaired) electrons. The van der Waals surface area contributed by atoms with E-state index in [2.05, 4.69) is 133 Å². The Labute approximate surface area is 254 Å². The number of hydrogen-bond donors (Lipinski definition) is 0. The summed E-state index contributed by atoms with van der Waals surface area (Å²) in [6.07, 6.45) is 0. The van der Waals surface area contributed by atoms with E-state index in [1.165, 1.54) is 22.3 Å². The van der Waals surface area contributed by atoms with Gasteiger partial charge in [0.15, 0.2) is 0 Å². The first-order valence-electron chi connectivity index (χ1n) is 12.6. The molecule has 5 heteroatoms. The Morgan fingerprint density at radius 3 is 0.784 bits per heavy atom. The van der Waals surface area contributed by atoms with E-state index in [9.17, 15) is 0 Å². The third-order valence-electron chi connectivity index (χ3n) is 6.42. The summed E-state index contributed by atoms with van der Waals surface area (Å²) < 4.78 is 0. The fourth-order valence-electron chi connectivity index (χ4n) is 3.63. The van der Waals surface area contributed by atoms with Crippen LogP contribution in [0.5, 0.6) is 0 Å². The number of rotatable bonds is 3. The predicted octanol–water partition coefficient (Wildman–Crippen LogP) is 3.77. The maximum atomic E-state index is 5.03. The number of aliphatic imine (C=N–C) groups is 2.